The van der Waals surface area contributed by atoms with Crippen LogP contribution in [-0.4, -0.2) is 33.9 Å². The maximum Gasteiger partial charge on any atom is 0.304 e. The minimum atomic E-state index is -1.05. The largest absolute Gasteiger partial charge is 0.481 e. The highest BCUT2D eigenvalue weighted by Crippen LogP contribution is 2.34. The van der Waals surface area contributed by atoms with Gasteiger partial charge in [-0.2, -0.15) is 0 Å². The van der Waals surface area contributed by atoms with Gasteiger partial charge in [-0.1, -0.05) is 29.8 Å². The summed E-state index contributed by atoms with van der Waals surface area (Å²) in [5.74, 6) is -2.67. The molecule has 0 spiro atoms. The number of rotatable bonds is 4. The second-order valence-electron chi connectivity index (χ2n) is 6.65. The fraction of sp³-hybridized carbons (Fsp3) is 0.150. The maximum absolute atomic E-state index is 12.8. The number of carboxylic acids is 1. The van der Waals surface area contributed by atoms with E-state index in [1.165, 1.54) is 0 Å². The Morgan fingerprint density at radius 2 is 1.93 bits per heavy atom. The fourth-order valence-corrected chi connectivity index (χ4v) is 3.71. The van der Waals surface area contributed by atoms with Gasteiger partial charge in [0.25, 0.3) is 5.91 Å². The molecule has 0 aliphatic carbocycles. The van der Waals surface area contributed by atoms with Crippen molar-refractivity contribution in [3.8, 4) is 0 Å². The lowest BCUT2D eigenvalue weighted by Gasteiger charge is -2.32. The number of aromatic amines is 1. The summed E-state index contributed by atoms with van der Waals surface area (Å²) >= 11 is 5.97. The number of carboxylic acid groups (broad SMARTS) is 1. The lowest BCUT2D eigenvalue weighted by atomic mass is 9.84. The molecule has 142 valence electrons. The number of aliphatic carboxylic acids is 1. The van der Waals surface area contributed by atoms with E-state index in [1.54, 1.807) is 48.5 Å². The SMILES string of the molecule is O=C(O)C[C@H]1c2ccccc2NC(=O)[C@@H]1NC(=O)c1cc2cc(Cl)ccc2[nH]1. The van der Waals surface area contributed by atoms with Crippen molar-refractivity contribution in [2.24, 2.45) is 0 Å². The second kappa shape index (κ2) is 7.01. The number of aromatic nitrogens is 1. The van der Waals surface area contributed by atoms with Crippen molar-refractivity contribution in [3.05, 3.63) is 64.8 Å². The van der Waals surface area contributed by atoms with Gasteiger partial charge < -0.3 is 20.7 Å². The highest BCUT2D eigenvalue weighted by molar-refractivity contribution is 6.31. The molecule has 0 saturated carbocycles. The number of carbonyl (C=O) groups excluding carboxylic acids is 2. The Labute approximate surface area is 164 Å². The molecule has 1 aliphatic rings. The first kappa shape index (κ1) is 18.1. The third-order valence-corrected chi connectivity index (χ3v) is 5.05. The van der Waals surface area contributed by atoms with Crippen LogP contribution in [0.1, 0.15) is 28.4 Å². The van der Waals surface area contributed by atoms with Gasteiger partial charge in [-0.05, 0) is 35.9 Å². The Balaban J connectivity index is 1.65. The Kier molecular flexibility index (Phi) is 4.52. The summed E-state index contributed by atoms with van der Waals surface area (Å²) < 4.78 is 0. The molecule has 1 aromatic heterocycles. The second-order valence-corrected chi connectivity index (χ2v) is 7.08. The highest BCUT2D eigenvalue weighted by atomic mass is 35.5. The van der Waals surface area contributed by atoms with Crippen LogP contribution in [0.3, 0.4) is 0 Å². The van der Waals surface area contributed by atoms with Crippen molar-refractivity contribution in [2.45, 2.75) is 18.4 Å². The minimum Gasteiger partial charge on any atom is -0.481 e. The molecule has 0 bridgehead atoms. The van der Waals surface area contributed by atoms with Gasteiger partial charge in [-0.3, -0.25) is 14.4 Å². The standard InChI is InChI=1S/C20H16ClN3O4/c21-11-5-6-14-10(7-11)8-16(22-14)19(27)24-18-13(9-17(25)26)12-3-1-2-4-15(12)23-20(18)28/h1-8,13,18,22H,9H2,(H,23,28)(H,24,27)(H,25,26)/t13-,18+/m0/s1. The highest BCUT2D eigenvalue weighted by Gasteiger charge is 2.38. The number of hydrogen-bond acceptors (Lipinski definition) is 3. The summed E-state index contributed by atoms with van der Waals surface area (Å²) in [4.78, 5) is 39.7. The number of nitrogens with one attached hydrogen (secondary N) is 3. The molecule has 0 unspecified atom stereocenters. The molecule has 1 aliphatic heterocycles. The Bertz CT molecular complexity index is 1110. The fourth-order valence-electron chi connectivity index (χ4n) is 3.53. The van der Waals surface area contributed by atoms with Crippen molar-refractivity contribution in [1.82, 2.24) is 10.3 Å². The molecule has 3 aromatic rings. The molecule has 2 amide bonds. The van der Waals surface area contributed by atoms with E-state index in [2.05, 4.69) is 15.6 Å². The molecule has 4 N–H and O–H groups in total. The number of benzene rings is 2. The number of amides is 2. The van der Waals surface area contributed by atoms with Crippen LogP contribution in [0, 0.1) is 0 Å². The van der Waals surface area contributed by atoms with Gasteiger partial charge in [0, 0.05) is 27.5 Å². The number of anilines is 1. The summed E-state index contributed by atoms with van der Waals surface area (Å²) in [6.45, 7) is 0. The van der Waals surface area contributed by atoms with Crippen molar-refractivity contribution >= 4 is 46.0 Å². The quantitative estimate of drug-likeness (QED) is 0.542. The zero-order valence-electron chi connectivity index (χ0n) is 14.5. The van der Waals surface area contributed by atoms with Gasteiger partial charge in [-0.25, -0.2) is 0 Å². The molecule has 2 heterocycles. The Morgan fingerprint density at radius 3 is 2.71 bits per heavy atom. The summed E-state index contributed by atoms with van der Waals surface area (Å²) in [5, 5.41) is 16.0. The van der Waals surface area contributed by atoms with Crippen molar-refractivity contribution < 1.29 is 19.5 Å². The number of carbonyl (C=O) groups is 3. The monoisotopic (exact) mass is 397 g/mol. The van der Waals surface area contributed by atoms with Gasteiger partial charge in [0.15, 0.2) is 0 Å². The molecule has 2 aromatic carbocycles. The van der Waals surface area contributed by atoms with E-state index in [-0.39, 0.29) is 12.1 Å². The van der Waals surface area contributed by atoms with Crippen LogP contribution in [0.5, 0.6) is 0 Å². The molecule has 2 atom stereocenters. The molecule has 28 heavy (non-hydrogen) atoms. The van der Waals surface area contributed by atoms with Crippen LogP contribution in [0.25, 0.3) is 10.9 Å². The molecular weight excluding hydrogens is 382 g/mol. The predicted molar refractivity (Wildman–Crippen MR) is 105 cm³/mol. The summed E-state index contributed by atoms with van der Waals surface area (Å²) in [6.07, 6.45) is -0.280. The van der Waals surface area contributed by atoms with Crippen LogP contribution in [0.15, 0.2) is 48.5 Å². The first-order valence-electron chi connectivity index (χ1n) is 8.63. The topological polar surface area (TPSA) is 111 Å². The average molecular weight is 398 g/mol. The molecule has 0 radical (unpaired) electrons. The van der Waals surface area contributed by atoms with Crippen LogP contribution >= 0.6 is 11.6 Å². The van der Waals surface area contributed by atoms with E-state index in [0.717, 1.165) is 10.9 Å². The van der Waals surface area contributed by atoms with E-state index >= 15 is 0 Å². The summed E-state index contributed by atoms with van der Waals surface area (Å²) in [6, 6.07) is 12.8. The third kappa shape index (κ3) is 3.32. The molecule has 4 rings (SSSR count). The van der Waals surface area contributed by atoms with Gasteiger partial charge in [0.1, 0.15) is 11.7 Å². The lowest BCUT2D eigenvalue weighted by molar-refractivity contribution is -0.137. The van der Waals surface area contributed by atoms with E-state index in [0.29, 0.717) is 16.3 Å². The Hall–Kier alpha value is -3.32. The summed E-state index contributed by atoms with van der Waals surface area (Å²) in [5.41, 5.74) is 2.23. The lowest BCUT2D eigenvalue weighted by Crippen LogP contribution is -2.50. The van der Waals surface area contributed by atoms with Crippen molar-refractivity contribution in [1.29, 1.82) is 0 Å². The first-order chi connectivity index (χ1) is 13.4. The third-order valence-electron chi connectivity index (χ3n) is 4.81. The van der Waals surface area contributed by atoms with Crippen LogP contribution in [-0.2, 0) is 9.59 Å². The summed E-state index contributed by atoms with van der Waals surface area (Å²) in [7, 11) is 0. The van der Waals surface area contributed by atoms with Gasteiger partial charge in [-0.15, -0.1) is 0 Å². The normalized spacial score (nSPS) is 18.4. The van der Waals surface area contributed by atoms with Crippen molar-refractivity contribution in [2.75, 3.05) is 5.32 Å². The molecule has 7 nitrogen and oxygen atoms in total. The molecule has 8 heteroatoms. The molecule has 0 saturated heterocycles. The number of halogens is 1. The van der Waals surface area contributed by atoms with E-state index < -0.39 is 29.7 Å². The van der Waals surface area contributed by atoms with Crippen LogP contribution in [0.2, 0.25) is 5.02 Å². The van der Waals surface area contributed by atoms with E-state index in [4.69, 9.17) is 11.6 Å². The van der Waals surface area contributed by atoms with E-state index in [9.17, 15) is 19.5 Å². The number of fused-ring (bicyclic) bond motifs is 2. The Morgan fingerprint density at radius 1 is 1.14 bits per heavy atom. The first-order valence-corrected chi connectivity index (χ1v) is 9.01. The number of para-hydroxylation sites is 1. The van der Waals surface area contributed by atoms with Gasteiger partial charge in [0.2, 0.25) is 5.91 Å². The maximum atomic E-state index is 12.8. The van der Waals surface area contributed by atoms with Crippen molar-refractivity contribution in [3.63, 3.8) is 0 Å². The number of H-pyrrole nitrogens is 1. The number of hydrogen-bond donors (Lipinski definition) is 4. The smallest absolute Gasteiger partial charge is 0.304 e. The average Bonchev–Trinajstić information content (AvgIpc) is 3.07. The van der Waals surface area contributed by atoms with Gasteiger partial charge in [0.05, 0.1) is 6.42 Å². The van der Waals surface area contributed by atoms with Crippen LogP contribution in [0.4, 0.5) is 5.69 Å². The van der Waals surface area contributed by atoms with Crippen LogP contribution < -0.4 is 10.6 Å². The molecular formula is C20H16ClN3O4. The van der Waals surface area contributed by atoms with Gasteiger partial charge >= 0.3 is 5.97 Å². The minimum absolute atomic E-state index is 0.262. The zero-order valence-corrected chi connectivity index (χ0v) is 15.3. The van der Waals surface area contributed by atoms with E-state index in [1.807, 2.05) is 0 Å². The predicted octanol–water partition coefficient (Wildman–Crippen LogP) is 3.13. The molecule has 0 fully saturated rings. The zero-order chi connectivity index (χ0) is 19.8.